The molecule has 3 atom stereocenters. The number of carbonyl (C=O) groups is 3. The fourth-order valence-corrected chi connectivity index (χ4v) is 3.52. The van der Waals surface area contributed by atoms with Gasteiger partial charge in [-0.1, -0.05) is 13.0 Å². The number of amides is 2. The number of likely N-dealkylation sites (tertiary alicyclic amines) is 1. The predicted octanol–water partition coefficient (Wildman–Crippen LogP) is 2.13. The molecule has 3 rings (SSSR count). The van der Waals surface area contributed by atoms with Crippen molar-refractivity contribution in [1.29, 1.82) is 0 Å². The number of piperidine rings is 1. The summed E-state index contributed by atoms with van der Waals surface area (Å²) in [5.41, 5.74) is 0.879. The zero-order valence-corrected chi connectivity index (χ0v) is 14.8. The van der Waals surface area contributed by atoms with E-state index < -0.39 is 18.1 Å². The number of hydrogen-bond donors (Lipinski definition) is 2. The number of hydrogen-bond acceptors (Lipinski definition) is 4. The van der Waals surface area contributed by atoms with Crippen LogP contribution in [0, 0.1) is 5.92 Å². The third-order valence-electron chi connectivity index (χ3n) is 5.01. The number of anilines is 1. The lowest BCUT2D eigenvalue weighted by Crippen LogP contribution is -2.49. The summed E-state index contributed by atoms with van der Waals surface area (Å²) in [4.78, 5) is 38.0. The van der Waals surface area contributed by atoms with Gasteiger partial charge >= 0.3 is 5.97 Å². The molecular formula is C19H24N2O5. The molecule has 0 aromatic heterocycles. The molecule has 140 valence electrons. The minimum Gasteiger partial charge on any atom is -0.480 e. The summed E-state index contributed by atoms with van der Waals surface area (Å²) in [5.74, 6) is -1.25. The fourth-order valence-electron chi connectivity index (χ4n) is 3.52. The number of carboxylic acids is 1. The number of carboxylic acid groups (broad SMARTS) is 1. The van der Waals surface area contributed by atoms with Gasteiger partial charge < -0.3 is 20.1 Å². The zero-order chi connectivity index (χ0) is 18.7. The van der Waals surface area contributed by atoms with Crippen LogP contribution in [0.25, 0.3) is 0 Å². The number of carbonyl (C=O) groups excluding carboxylic acids is 2. The molecular weight excluding hydrogens is 336 g/mol. The van der Waals surface area contributed by atoms with Gasteiger partial charge in [0.1, 0.15) is 12.1 Å². The lowest BCUT2D eigenvalue weighted by molar-refractivity contribution is -0.144. The predicted molar refractivity (Wildman–Crippen MR) is 94.9 cm³/mol. The second-order valence-corrected chi connectivity index (χ2v) is 7.05. The maximum atomic E-state index is 12.8. The van der Waals surface area contributed by atoms with E-state index in [1.165, 1.54) is 4.90 Å². The van der Waals surface area contributed by atoms with Crippen LogP contribution in [0.1, 0.15) is 43.0 Å². The smallest absolute Gasteiger partial charge is 0.326 e. The molecule has 7 nitrogen and oxygen atoms in total. The van der Waals surface area contributed by atoms with E-state index in [2.05, 4.69) is 5.32 Å². The van der Waals surface area contributed by atoms with Crippen molar-refractivity contribution in [3.05, 3.63) is 29.8 Å². The number of aliphatic carboxylic acids is 1. The molecule has 0 aliphatic carbocycles. The normalized spacial score (nSPS) is 25.7. The summed E-state index contributed by atoms with van der Waals surface area (Å²) < 4.78 is 5.36. The van der Waals surface area contributed by atoms with Crippen molar-refractivity contribution < 1.29 is 24.2 Å². The quantitative estimate of drug-likeness (QED) is 0.857. The van der Waals surface area contributed by atoms with E-state index in [1.807, 2.05) is 6.92 Å². The van der Waals surface area contributed by atoms with Crippen LogP contribution in [0.5, 0.6) is 0 Å². The second kappa shape index (κ2) is 7.86. The third-order valence-corrected chi connectivity index (χ3v) is 5.01. The largest absolute Gasteiger partial charge is 0.480 e. The SMILES string of the molecule is CC1CCN(C(=O)c2cccc(NC(=O)C3CCCO3)c2)C(C(=O)O)C1. The van der Waals surface area contributed by atoms with E-state index in [4.69, 9.17) is 4.74 Å². The van der Waals surface area contributed by atoms with Crippen LogP contribution >= 0.6 is 0 Å². The first-order valence-corrected chi connectivity index (χ1v) is 9.02. The summed E-state index contributed by atoms with van der Waals surface area (Å²) in [6.45, 7) is 3.00. The van der Waals surface area contributed by atoms with Gasteiger partial charge in [0.2, 0.25) is 0 Å². The van der Waals surface area contributed by atoms with Gasteiger partial charge in [0.15, 0.2) is 0 Å². The van der Waals surface area contributed by atoms with E-state index >= 15 is 0 Å². The van der Waals surface area contributed by atoms with Crippen molar-refractivity contribution in [2.45, 2.75) is 44.8 Å². The molecule has 2 saturated heterocycles. The maximum absolute atomic E-state index is 12.8. The van der Waals surface area contributed by atoms with Crippen LogP contribution in [0.2, 0.25) is 0 Å². The van der Waals surface area contributed by atoms with Crippen molar-refractivity contribution in [2.24, 2.45) is 5.92 Å². The highest BCUT2D eigenvalue weighted by Gasteiger charge is 2.35. The molecule has 2 aliphatic heterocycles. The second-order valence-electron chi connectivity index (χ2n) is 7.05. The summed E-state index contributed by atoms with van der Waals surface area (Å²) in [6.07, 6.45) is 2.34. The van der Waals surface area contributed by atoms with E-state index in [9.17, 15) is 19.5 Å². The molecule has 0 spiro atoms. The van der Waals surface area contributed by atoms with Crippen LogP contribution in [0.4, 0.5) is 5.69 Å². The molecule has 2 aliphatic rings. The van der Waals surface area contributed by atoms with Crippen molar-refractivity contribution in [3.63, 3.8) is 0 Å². The zero-order valence-electron chi connectivity index (χ0n) is 14.8. The summed E-state index contributed by atoms with van der Waals surface area (Å²) in [5, 5.41) is 12.2. The first-order valence-electron chi connectivity index (χ1n) is 9.02. The van der Waals surface area contributed by atoms with Gasteiger partial charge in [-0.3, -0.25) is 9.59 Å². The molecule has 7 heteroatoms. The molecule has 1 aromatic rings. The minimum atomic E-state index is -0.979. The minimum absolute atomic E-state index is 0.220. The van der Waals surface area contributed by atoms with Crippen LogP contribution in [0.15, 0.2) is 24.3 Å². The lowest BCUT2D eigenvalue weighted by atomic mass is 9.92. The van der Waals surface area contributed by atoms with Crippen molar-refractivity contribution >= 4 is 23.5 Å². The number of benzene rings is 1. The number of nitrogens with zero attached hydrogens (tertiary/aromatic N) is 1. The number of ether oxygens (including phenoxy) is 1. The highest BCUT2D eigenvalue weighted by molar-refractivity contribution is 5.99. The molecule has 0 saturated carbocycles. The first kappa shape index (κ1) is 18.4. The molecule has 2 amide bonds. The van der Waals surface area contributed by atoms with Gasteiger partial charge in [-0.2, -0.15) is 0 Å². The Hall–Kier alpha value is -2.41. The highest BCUT2D eigenvalue weighted by atomic mass is 16.5. The Balaban J connectivity index is 1.73. The fraction of sp³-hybridized carbons (Fsp3) is 0.526. The number of rotatable bonds is 4. The van der Waals surface area contributed by atoms with Crippen LogP contribution in [-0.2, 0) is 14.3 Å². The van der Waals surface area contributed by atoms with E-state index in [0.717, 1.165) is 12.8 Å². The average Bonchev–Trinajstić information content (AvgIpc) is 3.16. The Morgan fingerprint density at radius 1 is 1.27 bits per heavy atom. The van der Waals surface area contributed by atoms with E-state index in [-0.39, 0.29) is 17.7 Å². The van der Waals surface area contributed by atoms with Gasteiger partial charge in [0.25, 0.3) is 11.8 Å². The monoisotopic (exact) mass is 360 g/mol. The molecule has 2 heterocycles. The van der Waals surface area contributed by atoms with E-state index in [0.29, 0.717) is 37.2 Å². The van der Waals surface area contributed by atoms with Gasteiger partial charge in [-0.05, 0) is 49.8 Å². The van der Waals surface area contributed by atoms with Crippen molar-refractivity contribution in [3.8, 4) is 0 Å². The molecule has 2 N–H and O–H groups in total. The average molecular weight is 360 g/mol. The standard InChI is InChI=1S/C19H24N2O5/c1-12-7-8-21(15(10-12)19(24)25)18(23)13-4-2-5-14(11-13)20-17(22)16-6-3-9-26-16/h2,4-5,11-12,15-16H,3,6-10H2,1H3,(H,20,22)(H,24,25). The Labute approximate surface area is 152 Å². The Morgan fingerprint density at radius 2 is 2.08 bits per heavy atom. The first-order chi connectivity index (χ1) is 12.5. The molecule has 26 heavy (non-hydrogen) atoms. The highest BCUT2D eigenvalue weighted by Crippen LogP contribution is 2.25. The molecule has 0 bridgehead atoms. The summed E-state index contributed by atoms with van der Waals surface area (Å²) in [7, 11) is 0. The van der Waals surface area contributed by atoms with Gasteiger partial charge in [-0.15, -0.1) is 0 Å². The summed E-state index contributed by atoms with van der Waals surface area (Å²) >= 11 is 0. The van der Waals surface area contributed by atoms with Crippen molar-refractivity contribution in [1.82, 2.24) is 4.90 Å². The maximum Gasteiger partial charge on any atom is 0.326 e. The molecule has 0 radical (unpaired) electrons. The van der Waals surface area contributed by atoms with Crippen LogP contribution < -0.4 is 5.32 Å². The Kier molecular flexibility index (Phi) is 5.56. The Bertz CT molecular complexity index is 699. The topological polar surface area (TPSA) is 95.9 Å². The van der Waals surface area contributed by atoms with Gasteiger partial charge in [0, 0.05) is 24.4 Å². The number of nitrogens with one attached hydrogen (secondary N) is 1. The van der Waals surface area contributed by atoms with Gasteiger partial charge in [-0.25, -0.2) is 4.79 Å². The third kappa shape index (κ3) is 4.04. The van der Waals surface area contributed by atoms with E-state index in [1.54, 1.807) is 24.3 Å². The molecule has 3 unspecified atom stereocenters. The lowest BCUT2D eigenvalue weighted by Gasteiger charge is -2.36. The Morgan fingerprint density at radius 3 is 2.77 bits per heavy atom. The van der Waals surface area contributed by atoms with Crippen LogP contribution in [0.3, 0.4) is 0 Å². The van der Waals surface area contributed by atoms with Gasteiger partial charge in [0.05, 0.1) is 0 Å². The van der Waals surface area contributed by atoms with Crippen LogP contribution in [-0.4, -0.2) is 53.1 Å². The molecule has 1 aromatic carbocycles. The molecule has 2 fully saturated rings. The van der Waals surface area contributed by atoms with Crippen molar-refractivity contribution in [2.75, 3.05) is 18.5 Å². The summed E-state index contributed by atoms with van der Waals surface area (Å²) in [6, 6.07) is 5.81.